The number of primary amides is 1. The van der Waals surface area contributed by atoms with Gasteiger partial charge in [-0.05, 0) is 37.3 Å². The standard InChI is InChI=1S/C21H22FN3O6S/c1-21(20(23)27,32(4,28)29)25-14-10-15-13(9-16(14)30-3)17(19(26)24-2)18(31-15)11-5-7-12(22)8-6-11/h5-10,25H,1-4H3,(H2,23,27)(H,24,26). The number of ether oxygens (including phenoxy) is 1. The minimum atomic E-state index is -3.98. The van der Waals surface area contributed by atoms with Crippen molar-refractivity contribution >= 4 is 38.3 Å². The molecule has 0 radical (unpaired) electrons. The minimum absolute atomic E-state index is 0.106. The number of rotatable bonds is 7. The van der Waals surface area contributed by atoms with Crippen molar-refractivity contribution in [3.05, 3.63) is 47.8 Å². The van der Waals surface area contributed by atoms with Crippen LogP contribution in [0.2, 0.25) is 0 Å². The van der Waals surface area contributed by atoms with Crippen molar-refractivity contribution in [2.24, 2.45) is 5.73 Å². The molecule has 1 heterocycles. The molecule has 1 unspecified atom stereocenters. The molecular weight excluding hydrogens is 441 g/mol. The summed E-state index contributed by atoms with van der Waals surface area (Å²) in [7, 11) is -1.19. The molecule has 2 aromatic carbocycles. The highest BCUT2D eigenvalue weighted by molar-refractivity contribution is 7.93. The smallest absolute Gasteiger partial charge is 0.258 e. The van der Waals surface area contributed by atoms with E-state index in [-0.39, 0.29) is 28.3 Å². The lowest BCUT2D eigenvalue weighted by Crippen LogP contribution is -2.53. The molecule has 0 fully saturated rings. The van der Waals surface area contributed by atoms with E-state index in [4.69, 9.17) is 14.9 Å². The molecule has 0 aliphatic heterocycles. The third-order valence-corrected chi connectivity index (χ3v) is 6.94. The van der Waals surface area contributed by atoms with Gasteiger partial charge in [0.05, 0.1) is 18.4 Å². The molecule has 2 amide bonds. The zero-order valence-corrected chi connectivity index (χ0v) is 18.6. The number of hydrogen-bond donors (Lipinski definition) is 3. The molecule has 4 N–H and O–H groups in total. The molecule has 0 bridgehead atoms. The molecule has 170 valence electrons. The molecule has 0 saturated carbocycles. The van der Waals surface area contributed by atoms with Gasteiger partial charge in [0.2, 0.25) is 4.87 Å². The lowest BCUT2D eigenvalue weighted by atomic mass is 10.0. The molecule has 11 heteroatoms. The molecule has 0 saturated heterocycles. The van der Waals surface area contributed by atoms with Crippen LogP contribution in [0.1, 0.15) is 17.3 Å². The summed E-state index contributed by atoms with van der Waals surface area (Å²) in [6.07, 6.45) is 0.874. The van der Waals surface area contributed by atoms with Gasteiger partial charge in [0.25, 0.3) is 11.8 Å². The first-order valence-corrected chi connectivity index (χ1v) is 11.2. The highest BCUT2D eigenvalue weighted by atomic mass is 32.2. The van der Waals surface area contributed by atoms with Gasteiger partial charge in [-0.2, -0.15) is 0 Å². The van der Waals surface area contributed by atoms with E-state index in [1.807, 2.05) is 0 Å². The number of furan rings is 1. The van der Waals surface area contributed by atoms with Crippen LogP contribution in [0.15, 0.2) is 40.8 Å². The fourth-order valence-electron chi connectivity index (χ4n) is 3.14. The Kier molecular flexibility index (Phi) is 5.88. The third-order valence-electron chi connectivity index (χ3n) is 5.16. The molecule has 0 aliphatic carbocycles. The van der Waals surface area contributed by atoms with Gasteiger partial charge >= 0.3 is 0 Å². The number of nitrogens with two attached hydrogens (primary N) is 1. The number of fused-ring (bicyclic) bond motifs is 1. The Hall–Kier alpha value is -3.60. The summed E-state index contributed by atoms with van der Waals surface area (Å²) in [4.78, 5) is 22.5. The maximum Gasteiger partial charge on any atom is 0.258 e. The molecule has 1 atom stereocenters. The molecule has 0 spiro atoms. The van der Waals surface area contributed by atoms with Crippen LogP contribution in [0.5, 0.6) is 5.75 Å². The first-order valence-electron chi connectivity index (χ1n) is 9.33. The van der Waals surface area contributed by atoms with Crippen LogP contribution in [0.3, 0.4) is 0 Å². The molecule has 1 aromatic heterocycles. The molecule has 32 heavy (non-hydrogen) atoms. The van der Waals surface area contributed by atoms with Crippen molar-refractivity contribution in [1.29, 1.82) is 0 Å². The van der Waals surface area contributed by atoms with Crippen LogP contribution in [0, 0.1) is 5.82 Å². The fourth-order valence-corrected chi connectivity index (χ4v) is 3.80. The summed E-state index contributed by atoms with van der Waals surface area (Å²) in [5.74, 6) is -1.70. The Bertz CT molecular complexity index is 1320. The van der Waals surface area contributed by atoms with Crippen LogP contribution >= 0.6 is 0 Å². The van der Waals surface area contributed by atoms with E-state index in [0.717, 1.165) is 13.2 Å². The molecule has 0 aliphatic rings. The van der Waals surface area contributed by atoms with Crippen molar-refractivity contribution in [1.82, 2.24) is 5.32 Å². The molecule has 3 rings (SSSR count). The van der Waals surface area contributed by atoms with Crippen molar-refractivity contribution in [3.8, 4) is 17.1 Å². The molecular formula is C21H22FN3O6S. The summed E-state index contributed by atoms with van der Waals surface area (Å²) in [6, 6.07) is 8.26. The Labute approximate surface area is 183 Å². The van der Waals surface area contributed by atoms with Crippen molar-refractivity contribution < 1.29 is 31.6 Å². The Balaban J connectivity index is 2.28. The van der Waals surface area contributed by atoms with E-state index in [2.05, 4.69) is 10.6 Å². The Morgan fingerprint density at radius 2 is 1.81 bits per heavy atom. The molecule has 9 nitrogen and oxygen atoms in total. The van der Waals surface area contributed by atoms with Crippen molar-refractivity contribution in [2.45, 2.75) is 11.8 Å². The number of benzene rings is 2. The van der Waals surface area contributed by atoms with Gasteiger partial charge in [-0.3, -0.25) is 9.59 Å². The maximum atomic E-state index is 13.4. The summed E-state index contributed by atoms with van der Waals surface area (Å²) >= 11 is 0. The predicted molar refractivity (Wildman–Crippen MR) is 118 cm³/mol. The van der Waals surface area contributed by atoms with Gasteiger partial charge in [-0.1, -0.05) is 0 Å². The van der Waals surface area contributed by atoms with Crippen molar-refractivity contribution in [3.63, 3.8) is 0 Å². The Morgan fingerprint density at radius 1 is 1.19 bits per heavy atom. The number of carbonyl (C=O) groups is 2. The van der Waals surface area contributed by atoms with Crippen molar-refractivity contribution in [2.75, 3.05) is 25.7 Å². The van der Waals surface area contributed by atoms with E-state index in [1.165, 1.54) is 50.6 Å². The Morgan fingerprint density at radius 3 is 2.31 bits per heavy atom. The average molecular weight is 463 g/mol. The lowest BCUT2D eigenvalue weighted by molar-refractivity contribution is -0.119. The predicted octanol–water partition coefficient (Wildman–Crippen LogP) is 2.27. The third kappa shape index (κ3) is 3.86. The second-order valence-corrected chi connectivity index (χ2v) is 9.60. The summed E-state index contributed by atoms with van der Waals surface area (Å²) in [6.45, 7) is 1.14. The lowest BCUT2D eigenvalue weighted by Gasteiger charge is -2.27. The van der Waals surface area contributed by atoms with Gasteiger partial charge in [0.15, 0.2) is 9.84 Å². The number of hydrogen-bond acceptors (Lipinski definition) is 7. The second-order valence-electron chi connectivity index (χ2n) is 7.24. The van der Waals surface area contributed by atoms with E-state index in [0.29, 0.717) is 10.9 Å². The SMILES string of the molecule is CNC(=O)c1c(-c2ccc(F)cc2)oc2cc(NC(C)(C(N)=O)S(C)(=O)=O)c(OC)cc12. The minimum Gasteiger partial charge on any atom is -0.495 e. The topological polar surface area (TPSA) is 141 Å². The quantitative estimate of drug-likeness (QED) is 0.488. The van der Waals surface area contributed by atoms with Gasteiger partial charge in [0.1, 0.15) is 22.9 Å². The number of carbonyl (C=O) groups excluding carboxylic acids is 2. The number of halogens is 1. The highest BCUT2D eigenvalue weighted by Crippen LogP contribution is 2.40. The van der Waals surface area contributed by atoms with Crippen LogP contribution in [0.25, 0.3) is 22.3 Å². The summed E-state index contributed by atoms with van der Waals surface area (Å²) < 4.78 is 49.1. The van der Waals surface area contributed by atoms with Gasteiger partial charge in [-0.25, -0.2) is 12.8 Å². The van der Waals surface area contributed by atoms with E-state index >= 15 is 0 Å². The highest BCUT2D eigenvalue weighted by Gasteiger charge is 2.42. The number of anilines is 1. The van der Waals surface area contributed by atoms with E-state index in [9.17, 15) is 22.4 Å². The first-order chi connectivity index (χ1) is 14.9. The molecule has 3 aromatic rings. The van der Waals surface area contributed by atoms with E-state index in [1.54, 1.807) is 0 Å². The van der Waals surface area contributed by atoms with Gasteiger partial charge in [0, 0.05) is 30.3 Å². The average Bonchev–Trinajstić information content (AvgIpc) is 3.10. The zero-order valence-electron chi connectivity index (χ0n) is 17.8. The number of sulfone groups is 1. The zero-order chi connectivity index (χ0) is 23.8. The summed E-state index contributed by atoms with van der Waals surface area (Å²) in [5, 5.41) is 5.53. The monoisotopic (exact) mass is 463 g/mol. The maximum absolute atomic E-state index is 13.4. The van der Waals surface area contributed by atoms with Gasteiger partial charge in [-0.15, -0.1) is 0 Å². The van der Waals surface area contributed by atoms with E-state index < -0.39 is 32.3 Å². The second kappa shape index (κ2) is 8.15. The van der Waals surface area contributed by atoms with Crippen LogP contribution < -0.4 is 21.1 Å². The van der Waals surface area contributed by atoms with Crippen LogP contribution in [-0.4, -0.2) is 45.5 Å². The first kappa shape index (κ1) is 23.1. The number of amides is 2. The largest absolute Gasteiger partial charge is 0.495 e. The van der Waals surface area contributed by atoms with Gasteiger partial charge < -0.3 is 25.5 Å². The number of methoxy groups -OCH3 is 1. The number of nitrogens with one attached hydrogen (secondary N) is 2. The van der Waals surface area contributed by atoms with Crippen LogP contribution in [0.4, 0.5) is 10.1 Å². The normalized spacial score (nSPS) is 13.4. The van der Waals surface area contributed by atoms with Crippen LogP contribution in [-0.2, 0) is 14.6 Å². The fraction of sp³-hybridized carbons (Fsp3) is 0.238. The summed E-state index contributed by atoms with van der Waals surface area (Å²) in [5.41, 5.74) is 6.29.